The standard InChI is InChI=1S/C11H20O4/c1-5-13-10(12)9-8(4)11(9,14-6-2)15-7-3/h8-9H,5-7H2,1-4H3. The molecule has 1 rings (SSSR count). The molecule has 15 heavy (non-hydrogen) atoms. The Hall–Kier alpha value is -0.610. The minimum absolute atomic E-state index is 0.0800. The first-order valence-electron chi connectivity index (χ1n) is 5.58. The maximum Gasteiger partial charge on any atom is 0.314 e. The van der Waals surface area contributed by atoms with Gasteiger partial charge >= 0.3 is 5.97 Å². The average Bonchev–Trinajstić information content (AvgIpc) is 2.73. The molecule has 0 aromatic rings. The smallest absolute Gasteiger partial charge is 0.314 e. The molecule has 4 nitrogen and oxygen atoms in total. The van der Waals surface area contributed by atoms with E-state index >= 15 is 0 Å². The Morgan fingerprint density at radius 2 is 1.67 bits per heavy atom. The van der Waals surface area contributed by atoms with E-state index in [9.17, 15) is 4.79 Å². The fraction of sp³-hybridized carbons (Fsp3) is 0.909. The van der Waals surface area contributed by atoms with Crippen molar-refractivity contribution in [2.75, 3.05) is 19.8 Å². The van der Waals surface area contributed by atoms with Crippen molar-refractivity contribution in [3.05, 3.63) is 0 Å². The number of ether oxygens (including phenoxy) is 3. The van der Waals surface area contributed by atoms with Crippen molar-refractivity contribution in [1.29, 1.82) is 0 Å². The molecule has 0 saturated heterocycles. The van der Waals surface area contributed by atoms with Crippen molar-refractivity contribution >= 4 is 5.97 Å². The first kappa shape index (κ1) is 12.5. The van der Waals surface area contributed by atoms with Crippen molar-refractivity contribution < 1.29 is 19.0 Å². The van der Waals surface area contributed by atoms with Crippen LogP contribution in [-0.4, -0.2) is 31.6 Å². The zero-order valence-electron chi connectivity index (χ0n) is 9.91. The normalized spacial score (nSPS) is 27.5. The minimum atomic E-state index is -0.726. The highest BCUT2D eigenvalue weighted by Gasteiger charge is 2.69. The minimum Gasteiger partial charge on any atom is -0.466 e. The van der Waals surface area contributed by atoms with E-state index in [2.05, 4.69) is 0 Å². The summed E-state index contributed by atoms with van der Waals surface area (Å²) >= 11 is 0. The first-order chi connectivity index (χ1) is 7.14. The number of hydrogen-bond donors (Lipinski definition) is 0. The number of carbonyl (C=O) groups is 1. The van der Waals surface area contributed by atoms with Gasteiger partial charge in [-0.15, -0.1) is 0 Å². The summed E-state index contributed by atoms with van der Waals surface area (Å²) in [5.41, 5.74) is 0. The molecule has 2 atom stereocenters. The quantitative estimate of drug-likeness (QED) is 0.499. The Bertz CT molecular complexity index is 221. The van der Waals surface area contributed by atoms with Gasteiger partial charge in [-0.1, -0.05) is 6.92 Å². The van der Waals surface area contributed by atoms with E-state index in [4.69, 9.17) is 14.2 Å². The van der Waals surface area contributed by atoms with Crippen LogP contribution in [0.1, 0.15) is 27.7 Å². The molecule has 0 spiro atoms. The molecule has 1 saturated carbocycles. The number of hydrogen-bond acceptors (Lipinski definition) is 4. The first-order valence-corrected chi connectivity index (χ1v) is 5.58. The van der Waals surface area contributed by atoms with E-state index in [0.29, 0.717) is 19.8 Å². The van der Waals surface area contributed by atoms with E-state index in [0.717, 1.165) is 0 Å². The van der Waals surface area contributed by atoms with Crippen LogP contribution in [0.5, 0.6) is 0 Å². The molecule has 0 amide bonds. The summed E-state index contributed by atoms with van der Waals surface area (Å²) in [4.78, 5) is 11.6. The van der Waals surface area contributed by atoms with Crippen LogP contribution in [0.2, 0.25) is 0 Å². The van der Waals surface area contributed by atoms with Crippen LogP contribution in [0, 0.1) is 11.8 Å². The summed E-state index contributed by atoms with van der Waals surface area (Å²) in [5, 5.41) is 0. The molecule has 0 aromatic heterocycles. The summed E-state index contributed by atoms with van der Waals surface area (Å²) in [6, 6.07) is 0. The third-order valence-corrected chi connectivity index (χ3v) is 2.74. The van der Waals surface area contributed by atoms with Gasteiger partial charge in [-0.2, -0.15) is 0 Å². The molecule has 0 radical (unpaired) electrons. The third-order valence-electron chi connectivity index (χ3n) is 2.74. The van der Waals surface area contributed by atoms with Crippen molar-refractivity contribution in [2.24, 2.45) is 11.8 Å². The zero-order chi connectivity index (χ0) is 11.5. The van der Waals surface area contributed by atoms with E-state index in [-0.39, 0.29) is 17.8 Å². The highest BCUT2D eigenvalue weighted by atomic mass is 16.7. The fourth-order valence-corrected chi connectivity index (χ4v) is 2.04. The predicted octanol–water partition coefficient (Wildman–Crippen LogP) is 1.58. The molecule has 1 aliphatic carbocycles. The predicted molar refractivity (Wildman–Crippen MR) is 55.3 cm³/mol. The molecule has 0 N–H and O–H groups in total. The van der Waals surface area contributed by atoms with E-state index in [1.807, 2.05) is 20.8 Å². The molecular weight excluding hydrogens is 196 g/mol. The Balaban J connectivity index is 2.63. The molecule has 2 unspecified atom stereocenters. The summed E-state index contributed by atoms with van der Waals surface area (Å²) in [6.07, 6.45) is 0. The van der Waals surface area contributed by atoms with Gasteiger partial charge in [-0.3, -0.25) is 4.79 Å². The second-order valence-corrected chi connectivity index (χ2v) is 3.61. The van der Waals surface area contributed by atoms with Gasteiger partial charge in [0.25, 0.3) is 0 Å². The van der Waals surface area contributed by atoms with Gasteiger partial charge in [0, 0.05) is 19.1 Å². The molecule has 0 aromatic carbocycles. The molecule has 0 bridgehead atoms. The van der Waals surface area contributed by atoms with Crippen LogP contribution in [0.15, 0.2) is 0 Å². The van der Waals surface area contributed by atoms with Crippen LogP contribution in [0.25, 0.3) is 0 Å². The molecular formula is C11H20O4. The Morgan fingerprint density at radius 1 is 1.13 bits per heavy atom. The maximum absolute atomic E-state index is 11.6. The summed E-state index contributed by atoms with van der Waals surface area (Å²) in [6.45, 7) is 9.03. The number of esters is 1. The Kier molecular flexibility index (Phi) is 4.11. The lowest BCUT2D eigenvalue weighted by Gasteiger charge is -2.17. The molecule has 0 aliphatic heterocycles. The average molecular weight is 216 g/mol. The summed E-state index contributed by atoms with van der Waals surface area (Å²) in [5.74, 6) is -1.13. The second kappa shape index (κ2) is 4.94. The van der Waals surface area contributed by atoms with Crippen LogP contribution in [0.3, 0.4) is 0 Å². The van der Waals surface area contributed by atoms with E-state index in [1.165, 1.54) is 0 Å². The van der Waals surface area contributed by atoms with Crippen LogP contribution >= 0.6 is 0 Å². The number of carbonyl (C=O) groups excluding carboxylic acids is 1. The van der Waals surface area contributed by atoms with Crippen molar-refractivity contribution in [2.45, 2.75) is 33.5 Å². The molecule has 88 valence electrons. The molecule has 1 aliphatic rings. The van der Waals surface area contributed by atoms with Gasteiger partial charge in [-0.25, -0.2) is 0 Å². The second-order valence-electron chi connectivity index (χ2n) is 3.61. The monoisotopic (exact) mass is 216 g/mol. The Morgan fingerprint density at radius 3 is 2.07 bits per heavy atom. The molecule has 0 heterocycles. The van der Waals surface area contributed by atoms with E-state index in [1.54, 1.807) is 6.92 Å². The Labute approximate surface area is 90.9 Å². The summed E-state index contributed by atoms with van der Waals surface area (Å²) < 4.78 is 16.1. The SMILES string of the molecule is CCOC(=O)C1C(C)C1(OCC)OCC. The lowest BCUT2D eigenvalue weighted by atomic mass is 10.3. The van der Waals surface area contributed by atoms with Gasteiger partial charge in [0.15, 0.2) is 5.79 Å². The van der Waals surface area contributed by atoms with Crippen LogP contribution < -0.4 is 0 Å². The highest BCUT2D eigenvalue weighted by molar-refractivity contribution is 5.78. The molecule has 1 fully saturated rings. The lowest BCUT2D eigenvalue weighted by Crippen LogP contribution is -2.26. The third kappa shape index (κ3) is 2.16. The van der Waals surface area contributed by atoms with Crippen molar-refractivity contribution in [1.82, 2.24) is 0 Å². The van der Waals surface area contributed by atoms with Gasteiger partial charge in [-0.05, 0) is 20.8 Å². The van der Waals surface area contributed by atoms with Gasteiger partial charge in [0.2, 0.25) is 0 Å². The van der Waals surface area contributed by atoms with Gasteiger partial charge in [0.1, 0.15) is 5.92 Å². The maximum atomic E-state index is 11.6. The fourth-order valence-electron chi connectivity index (χ4n) is 2.04. The van der Waals surface area contributed by atoms with Gasteiger partial charge < -0.3 is 14.2 Å². The van der Waals surface area contributed by atoms with Crippen molar-refractivity contribution in [3.8, 4) is 0 Å². The largest absolute Gasteiger partial charge is 0.466 e. The van der Waals surface area contributed by atoms with E-state index < -0.39 is 5.79 Å². The van der Waals surface area contributed by atoms with Crippen molar-refractivity contribution in [3.63, 3.8) is 0 Å². The number of rotatable bonds is 6. The van der Waals surface area contributed by atoms with Crippen LogP contribution in [-0.2, 0) is 19.0 Å². The summed E-state index contributed by atoms with van der Waals surface area (Å²) in [7, 11) is 0. The van der Waals surface area contributed by atoms with Gasteiger partial charge in [0.05, 0.1) is 6.61 Å². The zero-order valence-corrected chi connectivity index (χ0v) is 9.91. The topological polar surface area (TPSA) is 44.8 Å². The van der Waals surface area contributed by atoms with Crippen LogP contribution in [0.4, 0.5) is 0 Å². The highest BCUT2D eigenvalue weighted by Crippen LogP contribution is 2.54. The lowest BCUT2D eigenvalue weighted by molar-refractivity contribution is -0.186. The molecule has 4 heteroatoms.